The zero-order valence-corrected chi connectivity index (χ0v) is 32.0. The average molecular weight is 667 g/mol. The van der Waals surface area contributed by atoms with Gasteiger partial charge in [0.25, 0.3) is 0 Å². The van der Waals surface area contributed by atoms with Crippen LogP contribution in [-0.4, -0.2) is 13.2 Å². The maximum atomic E-state index is 5.98. The second kappa shape index (κ2) is 18.6. The fourth-order valence-corrected chi connectivity index (χ4v) is 5.71. The molecule has 0 aliphatic carbocycles. The monoisotopic (exact) mass is 666 g/mol. The Morgan fingerprint density at radius 3 is 1.26 bits per heavy atom. The fraction of sp³-hybridized carbons (Fsp3) is 0.417. The van der Waals surface area contributed by atoms with Crippen molar-refractivity contribution in [1.29, 1.82) is 0 Å². The van der Waals surface area contributed by atoms with Crippen molar-refractivity contribution in [2.45, 2.75) is 118 Å². The molecule has 0 saturated carbocycles. The molecule has 4 aromatic carbocycles. The Labute approximate surface area is 304 Å². The second-order valence-corrected chi connectivity index (χ2v) is 15.4. The van der Waals surface area contributed by atoms with E-state index in [0.717, 1.165) is 70.9 Å². The Morgan fingerprint density at radius 1 is 0.460 bits per heavy atom. The maximum absolute atomic E-state index is 5.98. The van der Waals surface area contributed by atoms with Crippen LogP contribution in [0.5, 0.6) is 11.5 Å². The highest BCUT2D eigenvalue weighted by molar-refractivity contribution is 5.79. The van der Waals surface area contributed by atoms with Crippen molar-refractivity contribution in [3.63, 3.8) is 0 Å². The largest absolute Gasteiger partial charge is 0.494 e. The van der Waals surface area contributed by atoms with E-state index in [2.05, 4.69) is 140 Å². The van der Waals surface area contributed by atoms with E-state index >= 15 is 0 Å². The van der Waals surface area contributed by atoms with E-state index in [1.807, 2.05) is 24.3 Å². The molecule has 262 valence electrons. The van der Waals surface area contributed by atoms with Crippen molar-refractivity contribution in [2.24, 2.45) is 0 Å². The van der Waals surface area contributed by atoms with E-state index < -0.39 is 0 Å². The van der Waals surface area contributed by atoms with Crippen molar-refractivity contribution in [1.82, 2.24) is 0 Å². The minimum absolute atomic E-state index is 0.0661. The van der Waals surface area contributed by atoms with Crippen LogP contribution in [-0.2, 0) is 10.8 Å². The van der Waals surface area contributed by atoms with Crippen LogP contribution >= 0.6 is 0 Å². The summed E-state index contributed by atoms with van der Waals surface area (Å²) in [4.78, 5) is 0. The van der Waals surface area contributed by atoms with Gasteiger partial charge in [0.05, 0.1) is 13.2 Å². The van der Waals surface area contributed by atoms with Gasteiger partial charge in [-0.2, -0.15) is 0 Å². The molecule has 0 heterocycles. The first-order chi connectivity index (χ1) is 24.0. The standard InChI is InChI=1S/C48H58O2/c1-9-11-13-15-33-49-44-29-19-37(20-30-44)17-23-40-35-43(48(6,7)8)36-41(46(40)39-25-27-42(28-26-39)47(3,4)5)24-18-38-21-31-45(32-22-38)50-34-16-14-12-10-2/h19-22,25-32,35-36H,9-16,33-34H2,1-8H3. The van der Waals surface area contributed by atoms with Crippen LogP contribution in [0.4, 0.5) is 0 Å². The normalized spacial score (nSPS) is 11.3. The van der Waals surface area contributed by atoms with Gasteiger partial charge in [-0.05, 0) is 101 Å². The van der Waals surface area contributed by atoms with Crippen molar-refractivity contribution >= 4 is 0 Å². The van der Waals surface area contributed by atoms with E-state index in [4.69, 9.17) is 9.47 Å². The highest BCUT2D eigenvalue weighted by Gasteiger charge is 2.20. The second-order valence-electron chi connectivity index (χ2n) is 15.4. The lowest BCUT2D eigenvalue weighted by molar-refractivity contribution is 0.305. The van der Waals surface area contributed by atoms with Gasteiger partial charge >= 0.3 is 0 Å². The summed E-state index contributed by atoms with van der Waals surface area (Å²) in [5.41, 5.74) is 8.56. The Hall–Kier alpha value is -4.40. The minimum atomic E-state index is -0.0757. The summed E-state index contributed by atoms with van der Waals surface area (Å²) in [6.45, 7) is 19.5. The lowest BCUT2D eigenvalue weighted by atomic mass is 9.81. The van der Waals surface area contributed by atoms with Crippen molar-refractivity contribution in [3.05, 3.63) is 118 Å². The van der Waals surface area contributed by atoms with Crippen LogP contribution < -0.4 is 9.47 Å². The third kappa shape index (κ3) is 11.9. The Morgan fingerprint density at radius 2 is 0.880 bits per heavy atom. The van der Waals surface area contributed by atoms with Crippen LogP contribution in [0.15, 0.2) is 84.9 Å². The molecule has 0 spiro atoms. The molecular formula is C48H58O2. The molecule has 0 fully saturated rings. The van der Waals surface area contributed by atoms with Crippen molar-refractivity contribution in [3.8, 4) is 46.3 Å². The number of hydrogen-bond donors (Lipinski definition) is 0. The van der Waals surface area contributed by atoms with Gasteiger partial charge in [-0.3, -0.25) is 0 Å². The highest BCUT2D eigenvalue weighted by atomic mass is 16.5. The van der Waals surface area contributed by atoms with Crippen LogP contribution in [0, 0.1) is 23.7 Å². The molecule has 0 unspecified atom stereocenters. The van der Waals surface area contributed by atoms with E-state index in [1.54, 1.807) is 0 Å². The summed E-state index contributed by atoms with van der Waals surface area (Å²) in [6, 6.07) is 29.8. The fourth-order valence-electron chi connectivity index (χ4n) is 5.71. The van der Waals surface area contributed by atoms with Gasteiger partial charge in [-0.15, -0.1) is 0 Å². The quantitative estimate of drug-likeness (QED) is 0.104. The highest BCUT2D eigenvalue weighted by Crippen LogP contribution is 2.34. The molecule has 50 heavy (non-hydrogen) atoms. The molecule has 0 atom stereocenters. The van der Waals surface area contributed by atoms with Gasteiger partial charge in [-0.1, -0.05) is 142 Å². The molecule has 2 nitrogen and oxygen atoms in total. The average Bonchev–Trinajstić information content (AvgIpc) is 3.09. The molecule has 0 aliphatic heterocycles. The molecule has 0 aliphatic rings. The van der Waals surface area contributed by atoms with Crippen molar-refractivity contribution in [2.75, 3.05) is 13.2 Å². The summed E-state index contributed by atoms with van der Waals surface area (Å²) in [7, 11) is 0. The van der Waals surface area contributed by atoms with Crippen LogP contribution in [0.1, 0.15) is 140 Å². The number of rotatable bonds is 13. The van der Waals surface area contributed by atoms with Crippen LogP contribution in [0.3, 0.4) is 0 Å². The van der Waals surface area contributed by atoms with E-state index in [1.165, 1.54) is 49.7 Å². The van der Waals surface area contributed by atoms with E-state index in [-0.39, 0.29) is 10.8 Å². The van der Waals surface area contributed by atoms with Gasteiger partial charge in [0.2, 0.25) is 0 Å². The molecule has 4 rings (SSSR count). The first kappa shape index (κ1) is 38.4. The lowest BCUT2D eigenvalue weighted by Gasteiger charge is -2.22. The zero-order chi connectivity index (χ0) is 36.0. The van der Waals surface area contributed by atoms with Gasteiger partial charge in [0, 0.05) is 27.8 Å². The third-order valence-corrected chi connectivity index (χ3v) is 8.97. The van der Waals surface area contributed by atoms with Gasteiger partial charge in [0.1, 0.15) is 11.5 Å². The molecule has 2 heteroatoms. The van der Waals surface area contributed by atoms with Gasteiger partial charge in [-0.25, -0.2) is 0 Å². The predicted molar refractivity (Wildman–Crippen MR) is 213 cm³/mol. The van der Waals surface area contributed by atoms with E-state index in [0.29, 0.717) is 0 Å². The molecular weight excluding hydrogens is 609 g/mol. The molecule has 0 radical (unpaired) electrons. The van der Waals surface area contributed by atoms with Gasteiger partial charge in [0.15, 0.2) is 0 Å². The SMILES string of the molecule is CCCCCCOc1ccc(C#Cc2cc(C(C)(C)C)cc(C#Cc3ccc(OCCCCCC)cc3)c2-c2ccc(C(C)(C)C)cc2)cc1. The minimum Gasteiger partial charge on any atom is -0.494 e. The first-order valence-electron chi connectivity index (χ1n) is 18.8. The molecule has 0 saturated heterocycles. The third-order valence-electron chi connectivity index (χ3n) is 8.97. The van der Waals surface area contributed by atoms with Gasteiger partial charge < -0.3 is 9.47 Å². The summed E-state index contributed by atoms with van der Waals surface area (Å²) in [5, 5.41) is 0. The number of unbranched alkanes of at least 4 members (excludes halogenated alkanes) is 6. The lowest BCUT2D eigenvalue weighted by Crippen LogP contribution is -2.12. The topological polar surface area (TPSA) is 18.5 Å². The Bertz CT molecular complexity index is 1660. The Balaban J connectivity index is 1.71. The first-order valence-corrected chi connectivity index (χ1v) is 18.8. The summed E-state index contributed by atoms with van der Waals surface area (Å²) in [6.07, 6.45) is 9.56. The molecule has 4 aromatic rings. The van der Waals surface area contributed by atoms with Crippen molar-refractivity contribution < 1.29 is 9.47 Å². The predicted octanol–water partition coefficient (Wildman–Crippen LogP) is 12.7. The maximum Gasteiger partial charge on any atom is 0.119 e. The summed E-state index contributed by atoms with van der Waals surface area (Å²) in [5.74, 6) is 15.9. The number of hydrogen-bond acceptors (Lipinski definition) is 2. The Kier molecular flexibility index (Phi) is 14.2. The molecule has 0 bridgehead atoms. The van der Waals surface area contributed by atoms with E-state index in [9.17, 15) is 0 Å². The number of ether oxygens (including phenoxy) is 2. The van der Waals surface area contributed by atoms with Crippen LogP contribution in [0.25, 0.3) is 11.1 Å². The zero-order valence-electron chi connectivity index (χ0n) is 32.0. The summed E-state index contributed by atoms with van der Waals surface area (Å²) >= 11 is 0. The smallest absolute Gasteiger partial charge is 0.119 e. The summed E-state index contributed by atoms with van der Waals surface area (Å²) < 4.78 is 12.0. The van der Waals surface area contributed by atoms with Crippen LogP contribution in [0.2, 0.25) is 0 Å². The molecule has 0 aromatic heterocycles. The molecule has 0 amide bonds. The number of benzene rings is 4. The molecule has 0 N–H and O–H groups in total.